The van der Waals surface area contributed by atoms with Crippen molar-refractivity contribution in [1.29, 1.82) is 0 Å². The van der Waals surface area contributed by atoms with E-state index in [4.69, 9.17) is 4.74 Å². The number of nitrogens with zero attached hydrogens (tertiary/aromatic N) is 2. The van der Waals surface area contributed by atoms with E-state index in [0.717, 1.165) is 55.2 Å². The average Bonchev–Trinajstić information content (AvgIpc) is 2.92. The van der Waals surface area contributed by atoms with Crippen LogP contribution in [0, 0.1) is 5.41 Å². The molecule has 2 aliphatic heterocycles. The fourth-order valence-corrected chi connectivity index (χ4v) is 5.57. The summed E-state index contributed by atoms with van der Waals surface area (Å²) in [4.78, 5) is 32.9. The van der Waals surface area contributed by atoms with Crippen LogP contribution in [0.5, 0.6) is 5.75 Å². The maximum Gasteiger partial charge on any atom is 0.253 e. The zero-order valence-corrected chi connectivity index (χ0v) is 20.9. The molecule has 1 spiro atoms. The fraction of sp³-hybridized carbons (Fsp3) is 0.433. The molecule has 1 fully saturated rings. The first kappa shape index (κ1) is 24.3. The lowest BCUT2D eigenvalue weighted by Crippen LogP contribution is -2.50. The highest BCUT2D eigenvalue weighted by molar-refractivity contribution is 5.98. The van der Waals surface area contributed by atoms with Crippen molar-refractivity contribution < 1.29 is 14.3 Å². The Kier molecular flexibility index (Phi) is 7.49. The van der Waals surface area contributed by atoms with E-state index in [1.165, 1.54) is 5.56 Å². The smallest absolute Gasteiger partial charge is 0.253 e. The van der Waals surface area contributed by atoms with E-state index in [0.29, 0.717) is 44.6 Å². The van der Waals surface area contributed by atoms with Gasteiger partial charge < -0.3 is 15.0 Å². The number of pyridine rings is 1. The molecule has 1 saturated heterocycles. The lowest BCUT2D eigenvalue weighted by molar-refractivity contribution is -0.134. The quantitative estimate of drug-likeness (QED) is 0.517. The molecule has 36 heavy (non-hydrogen) atoms. The summed E-state index contributed by atoms with van der Waals surface area (Å²) in [6.45, 7) is 2.41. The number of hydrogen-bond acceptors (Lipinski definition) is 4. The first-order chi connectivity index (χ1) is 17.6. The summed E-state index contributed by atoms with van der Waals surface area (Å²) in [6, 6.07) is 17.8. The summed E-state index contributed by atoms with van der Waals surface area (Å²) in [5.74, 6) is 1.15. The van der Waals surface area contributed by atoms with E-state index in [1.54, 1.807) is 6.20 Å². The topological polar surface area (TPSA) is 71.5 Å². The second kappa shape index (κ2) is 11.1. The van der Waals surface area contributed by atoms with Crippen LogP contribution in [0.1, 0.15) is 60.9 Å². The van der Waals surface area contributed by atoms with Crippen molar-refractivity contribution in [1.82, 2.24) is 15.2 Å². The number of para-hydroxylation sites is 1. The second-order valence-corrected chi connectivity index (χ2v) is 10.1. The Hall–Kier alpha value is -3.41. The van der Waals surface area contributed by atoms with Gasteiger partial charge >= 0.3 is 0 Å². The molecule has 0 aliphatic carbocycles. The van der Waals surface area contributed by atoms with Gasteiger partial charge in [0.15, 0.2) is 0 Å². The molecular formula is C30H35N3O3. The zero-order valence-electron chi connectivity index (χ0n) is 20.9. The minimum absolute atomic E-state index is 0.0349. The molecule has 2 amide bonds. The van der Waals surface area contributed by atoms with Gasteiger partial charge in [-0.1, -0.05) is 37.1 Å². The summed E-state index contributed by atoms with van der Waals surface area (Å²) < 4.78 is 6.01. The Bertz CT molecular complexity index is 1220. The van der Waals surface area contributed by atoms with Gasteiger partial charge in [-0.15, -0.1) is 0 Å². The third-order valence-electron chi connectivity index (χ3n) is 7.78. The normalized spacial score (nSPS) is 19.1. The molecule has 188 valence electrons. The van der Waals surface area contributed by atoms with Crippen molar-refractivity contribution in [3.8, 4) is 5.75 Å². The van der Waals surface area contributed by atoms with Crippen LogP contribution in [-0.4, -0.2) is 47.9 Å². The van der Waals surface area contributed by atoms with Crippen molar-refractivity contribution in [3.05, 3.63) is 71.9 Å². The number of fused-ring (bicyclic) bond motifs is 2. The summed E-state index contributed by atoms with van der Waals surface area (Å²) in [6.07, 6.45) is 9.01. The molecule has 1 aromatic heterocycles. The van der Waals surface area contributed by atoms with Crippen LogP contribution in [0.25, 0.3) is 10.9 Å². The van der Waals surface area contributed by atoms with E-state index in [2.05, 4.69) is 22.4 Å². The van der Waals surface area contributed by atoms with Crippen LogP contribution in [0.15, 0.2) is 60.8 Å². The number of benzene rings is 2. The highest BCUT2D eigenvalue weighted by atomic mass is 16.5. The summed E-state index contributed by atoms with van der Waals surface area (Å²) in [5.41, 5.74) is 2.44. The van der Waals surface area contributed by atoms with E-state index in [9.17, 15) is 9.59 Å². The molecular weight excluding hydrogens is 450 g/mol. The first-order valence-electron chi connectivity index (χ1n) is 13.3. The molecule has 6 nitrogen and oxygen atoms in total. The number of nitrogens with one attached hydrogen (secondary N) is 1. The predicted molar refractivity (Wildman–Crippen MR) is 141 cm³/mol. The molecule has 2 aromatic carbocycles. The van der Waals surface area contributed by atoms with Crippen LogP contribution in [-0.2, 0) is 11.2 Å². The predicted octanol–water partition coefficient (Wildman–Crippen LogP) is 5.16. The maximum absolute atomic E-state index is 13.4. The Morgan fingerprint density at radius 1 is 0.944 bits per heavy atom. The Morgan fingerprint density at radius 3 is 2.69 bits per heavy atom. The average molecular weight is 486 g/mol. The lowest BCUT2D eigenvalue weighted by Gasteiger charge is -2.41. The number of carbonyl (C=O) groups excluding carboxylic acids is 2. The standard InChI is InChI=1S/C30H35N3O3/c34-28(25-12-13-26-24(22-25)10-6-17-31-26)33-19-15-30(16-20-33)14-5-1-2-8-23-9-3-4-11-27(23)36-21-7-18-32-29(30)35/h3-4,6,9-13,17,22H,1-2,5,7-8,14-16,18-21H2,(H,32,35). The molecule has 3 aromatic rings. The number of ether oxygens (including phenoxy) is 1. The molecule has 0 saturated carbocycles. The molecule has 1 N–H and O–H groups in total. The highest BCUT2D eigenvalue weighted by Crippen LogP contribution is 2.38. The van der Waals surface area contributed by atoms with Crippen LogP contribution >= 0.6 is 0 Å². The van der Waals surface area contributed by atoms with Crippen LogP contribution in [0.2, 0.25) is 0 Å². The molecule has 0 bridgehead atoms. The van der Waals surface area contributed by atoms with Gasteiger partial charge in [-0.2, -0.15) is 0 Å². The molecule has 6 heteroatoms. The Balaban J connectivity index is 1.23. The molecule has 0 atom stereocenters. The van der Waals surface area contributed by atoms with E-state index < -0.39 is 5.41 Å². The third kappa shape index (κ3) is 5.38. The van der Waals surface area contributed by atoms with Gasteiger partial charge in [0.2, 0.25) is 5.91 Å². The SMILES string of the molecule is O=C(c1ccc2ncccc2c1)N1CCC2(CCCCCc3ccccc3OCCCNC2=O)CC1. The van der Waals surface area contributed by atoms with Crippen LogP contribution in [0.4, 0.5) is 0 Å². The van der Waals surface area contributed by atoms with Gasteiger partial charge in [0.05, 0.1) is 17.5 Å². The van der Waals surface area contributed by atoms with Gasteiger partial charge in [-0.25, -0.2) is 0 Å². The largest absolute Gasteiger partial charge is 0.493 e. The zero-order chi connectivity index (χ0) is 24.8. The number of aryl methyl sites for hydroxylation is 1. The number of rotatable bonds is 1. The van der Waals surface area contributed by atoms with Crippen molar-refractivity contribution >= 4 is 22.7 Å². The lowest BCUT2D eigenvalue weighted by atomic mass is 9.73. The number of carbonyl (C=O) groups is 2. The number of amides is 2. The third-order valence-corrected chi connectivity index (χ3v) is 7.78. The fourth-order valence-electron chi connectivity index (χ4n) is 5.57. The monoisotopic (exact) mass is 485 g/mol. The van der Waals surface area contributed by atoms with Crippen molar-refractivity contribution in [2.24, 2.45) is 5.41 Å². The van der Waals surface area contributed by atoms with Gasteiger partial charge in [0.1, 0.15) is 5.75 Å². The molecule has 0 unspecified atom stereocenters. The highest BCUT2D eigenvalue weighted by Gasteiger charge is 2.41. The number of aromatic nitrogens is 1. The van der Waals surface area contributed by atoms with Gasteiger partial charge in [0.25, 0.3) is 5.91 Å². The molecule has 2 aliphatic rings. The summed E-state index contributed by atoms with van der Waals surface area (Å²) in [7, 11) is 0. The van der Waals surface area contributed by atoms with E-state index >= 15 is 0 Å². The Labute approximate surface area is 213 Å². The molecule has 3 heterocycles. The van der Waals surface area contributed by atoms with Crippen LogP contribution in [0.3, 0.4) is 0 Å². The van der Waals surface area contributed by atoms with Crippen LogP contribution < -0.4 is 10.1 Å². The summed E-state index contributed by atoms with van der Waals surface area (Å²) >= 11 is 0. The first-order valence-corrected chi connectivity index (χ1v) is 13.3. The summed E-state index contributed by atoms with van der Waals surface area (Å²) in [5, 5.41) is 4.15. The second-order valence-electron chi connectivity index (χ2n) is 10.1. The number of piperidine rings is 1. The van der Waals surface area contributed by atoms with Crippen molar-refractivity contribution in [3.63, 3.8) is 0 Å². The number of hydrogen-bond donors (Lipinski definition) is 1. The Morgan fingerprint density at radius 2 is 1.81 bits per heavy atom. The minimum Gasteiger partial charge on any atom is -0.493 e. The minimum atomic E-state index is -0.396. The van der Waals surface area contributed by atoms with Gasteiger partial charge in [0, 0.05) is 36.8 Å². The van der Waals surface area contributed by atoms with Crippen molar-refractivity contribution in [2.75, 3.05) is 26.2 Å². The van der Waals surface area contributed by atoms with Crippen molar-refractivity contribution in [2.45, 2.75) is 51.4 Å². The van der Waals surface area contributed by atoms with E-state index in [-0.39, 0.29) is 11.8 Å². The van der Waals surface area contributed by atoms with Gasteiger partial charge in [-0.05, 0) is 74.4 Å². The maximum atomic E-state index is 13.4. The molecule has 5 rings (SSSR count). The molecule has 0 radical (unpaired) electrons. The number of likely N-dealkylation sites (tertiary alicyclic amines) is 1. The van der Waals surface area contributed by atoms with Gasteiger partial charge in [-0.3, -0.25) is 14.6 Å². The van der Waals surface area contributed by atoms with E-state index in [1.807, 2.05) is 47.4 Å².